The third-order valence-electron chi connectivity index (χ3n) is 5.07. The van der Waals surface area contributed by atoms with Gasteiger partial charge in [0.15, 0.2) is 5.13 Å². The lowest BCUT2D eigenvalue weighted by atomic mass is 10.1. The van der Waals surface area contributed by atoms with E-state index in [0.29, 0.717) is 11.4 Å². The fourth-order valence-electron chi connectivity index (χ4n) is 3.38. The van der Waals surface area contributed by atoms with Crippen LogP contribution in [0.5, 0.6) is 0 Å². The van der Waals surface area contributed by atoms with Crippen molar-refractivity contribution < 1.29 is 8.78 Å². The molecule has 3 heterocycles. The Morgan fingerprint density at radius 3 is 2.62 bits per heavy atom. The van der Waals surface area contributed by atoms with E-state index in [2.05, 4.69) is 30.2 Å². The maximum absolute atomic E-state index is 13.7. The van der Waals surface area contributed by atoms with E-state index in [9.17, 15) is 8.78 Å². The number of aromatic amines is 1. The first-order valence-electron chi connectivity index (χ1n) is 9.84. The number of imidazole rings is 1. The summed E-state index contributed by atoms with van der Waals surface area (Å²) in [5.41, 5.74) is 5.65. The molecule has 9 heteroatoms. The monoisotopic (exact) mass is 448 g/mol. The number of aromatic nitrogens is 5. The van der Waals surface area contributed by atoms with Crippen LogP contribution in [0.2, 0.25) is 0 Å². The zero-order chi connectivity index (χ0) is 22.3. The molecule has 0 aliphatic rings. The van der Waals surface area contributed by atoms with Crippen LogP contribution in [-0.4, -0.2) is 24.9 Å². The zero-order valence-electron chi connectivity index (χ0n) is 17.2. The Morgan fingerprint density at radius 2 is 1.84 bits per heavy atom. The molecule has 5 rings (SSSR count). The fourth-order valence-corrected chi connectivity index (χ4v) is 4.11. The predicted octanol–water partition coefficient (Wildman–Crippen LogP) is 6.31. The molecule has 0 saturated carbocycles. The number of alkyl halides is 2. The molecule has 6 nitrogen and oxygen atoms in total. The van der Waals surface area contributed by atoms with Crippen LogP contribution < -0.4 is 5.32 Å². The van der Waals surface area contributed by atoms with Gasteiger partial charge in [0, 0.05) is 47.1 Å². The van der Waals surface area contributed by atoms with Crippen molar-refractivity contribution in [3.8, 4) is 22.6 Å². The Hall–Kier alpha value is -3.72. The van der Waals surface area contributed by atoms with Crippen LogP contribution in [0.25, 0.3) is 33.7 Å². The van der Waals surface area contributed by atoms with Crippen molar-refractivity contribution in [3.63, 3.8) is 0 Å². The molecule has 32 heavy (non-hydrogen) atoms. The number of hydrogen-bond donors (Lipinski definition) is 2. The van der Waals surface area contributed by atoms with Gasteiger partial charge in [0.05, 0.1) is 16.7 Å². The average Bonchev–Trinajstić information content (AvgIpc) is 3.41. The average molecular weight is 449 g/mol. The Bertz CT molecular complexity index is 1410. The first-order valence-corrected chi connectivity index (χ1v) is 10.7. The van der Waals surface area contributed by atoms with Gasteiger partial charge in [-0.15, -0.1) is 11.3 Å². The van der Waals surface area contributed by atoms with E-state index in [1.165, 1.54) is 29.8 Å². The van der Waals surface area contributed by atoms with Gasteiger partial charge in [-0.1, -0.05) is 18.2 Å². The number of nitrogens with zero attached hydrogens (tertiary/aromatic N) is 4. The molecule has 2 N–H and O–H groups in total. The zero-order valence-corrected chi connectivity index (χ0v) is 18.0. The molecule has 2 aromatic carbocycles. The summed E-state index contributed by atoms with van der Waals surface area (Å²) in [6, 6.07) is 10.2. The minimum Gasteiger partial charge on any atom is -0.338 e. The van der Waals surface area contributed by atoms with Gasteiger partial charge < -0.3 is 10.3 Å². The molecule has 0 radical (unpaired) electrons. The lowest BCUT2D eigenvalue weighted by Gasteiger charge is -2.11. The van der Waals surface area contributed by atoms with E-state index < -0.39 is 5.92 Å². The first kappa shape index (κ1) is 20.2. The number of H-pyrrole nitrogens is 1. The van der Waals surface area contributed by atoms with Crippen molar-refractivity contribution in [1.29, 1.82) is 0 Å². The van der Waals surface area contributed by atoms with E-state index in [1.54, 1.807) is 24.5 Å². The summed E-state index contributed by atoms with van der Waals surface area (Å²) in [5.74, 6) is -2.36. The Balaban J connectivity index is 1.45. The molecule has 5 aromatic rings. The second-order valence-electron chi connectivity index (χ2n) is 7.53. The normalized spacial score (nSPS) is 11.8. The van der Waals surface area contributed by atoms with Crippen molar-refractivity contribution in [2.75, 3.05) is 5.32 Å². The second-order valence-corrected chi connectivity index (χ2v) is 8.39. The number of rotatable bonds is 5. The van der Waals surface area contributed by atoms with Crippen molar-refractivity contribution in [2.45, 2.75) is 19.8 Å². The van der Waals surface area contributed by atoms with Crippen molar-refractivity contribution in [2.24, 2.45) is 0 Å². The first-order chi connectivity index (χ1) is 15.4. The summed E-state index contributed by atoms with van der Waals surface area (Å²) >= 11 is 1.48. The molecule has 0 aliphatic carbocycles. The third-order valence-corrected chi connectivity index (χ3v) is 5.83. The number of halogens is 2. The molecule has 3 aromatic heterocycles. The molecule has 160 valence electrons. The summed E-state index contributed by atoms with van der Waals surface area (Å²) in [4.78, 5) is 20.5. The summed E-state index contributed by atoms with van der Waals surface area (Å²) < 4.78 is 27.5. The van der Waals surface area contributed by atoms with E-state index in [4.69, 9.17) is 0 Å². The van der Waals surface area contributed by atoms with E-state index >= 15 is 0 Å². The molecule has 0 unspecified atom stereocenters. The van der Waals surface area contributed by atoms with E-state index in [1.807, 2.05) is 24.4 Å². The highest BCUT2D eigenvalue weighted by molar-refractivity contribution is 7.14. The highest BCUT2D eigenvalue weighted by Crippen LogP contribution is 2.32. The van der Waals surface area contributed by atoms with Crippen LogP contribution in [0.15, 0.2) is 60.5 Å². The van der Waals surface area contributed by atoms with Gasteiger partial charge in [0.1, 0.15) is 12.2 Å². The van der Waals surface area contributed by atoms with Gasteiger partial charge in [0.25, 0.3) is 5.92 Å². The smallest absolute Gasteiger partial charge is 0.270 e. The Kier molecular flexibility index (Phi) is 4.90. The van der Waals surface area contributed by atoms with Crippen LogP contribution in [0.4, 0.5) is 19.6 Å². The second kappa shape index (κ2) is 7.76. The largest absolute Gasteiger partial charge is 0.338 e. The molecular formula is C23H18F2N6S. The van der Waals surface area contributed by atoms with Gasteiger partial charge in [-0.05, 0) is 30.7 Å². The van der Waals surface area contributed by atoms with Crippen LogP contribution in [0, 0.1) is 6.92 Å². The number of benzene rings is 2. The summed E-state index contributed by atoms with van der Waals surface area (Å²) in [6.45, 7) is 2.87. The van der Waals surface area contributed by atoms with Crippen LogP contribution in [-0.2, 0) is 5.92 Å². The molecule has 0 atom stereocenters. The number of aryl methyl sites for hydroxylation is 1. The molecule has 0 spiro atoms. The number of nitrogens with one attached hydrogen (secondary N) is 2. The fraction of sp³-hybridized carbons (Fsp3) is 0.130. The Morgan fingerprint density at radius 1 is 1.03 bits per heavy atom. The van der Waals surface area contributed by atoms with Crippen molar-refractivity contribution in [1.82, 2.24) is 24.9 Å². The molecular weight excluding hydrogens is 430 g/mol. The number of anilines is 2. The lowest BCUT2D eigenvalue weighted by Crippen LogP contribution is -2.06. The van der Waals surface area contributed by atoms with E-state index in [0.717, 1.165) is 45.6 Å². The summed E-state index contributed by atoms with van der Waals surface area (Å²) in [5, 5.41) is 6.04. The highest BCUT2D eigenvalue weighted by Gasteiger charge is 2.24. The van der Waals surface area contributed by atoms with E-state index in [-0.39, 0.29) is 5.56 Å². The number of thiazole rings is 1. The van der Waals surface area contributed by atoms with Crippen LogP contribution in [0.1, 0.15) is 18.1 Å². The van der Waals surface area contributed by atoms with Gasteiger partial charge in [-0.3, -0.25) is 0 Å². The predicted molar refractivity (Wildman–Crippen MR) is 122 cm³/mol. The summed E-state index contributed by atoms with van der Waals surface area (Å²) in [7, 11) is 0. The number of fused-ring (bicyclic) bond motifs is 1. The van der Waals surface area contributed by atoms with Gasteiger partial charge >= 0.3 is 0 Å². The molecule has 0 saturated heterocycles. The van der Waals surface area contributed by atoms with Gasteiger partial charge in [-0.2, -0.15) is 0 Å². The van der Waals surface area contributed by atoms with Crippen molar-refractivity contribution >= 4 is 33.2 Å². The molecule has 0 amide bonds. The number of hydrogen-bond acceptors (Lipinski definition) is 6. The standard InChI is InChI=1S/C23H18F2N6S/c1-13-6-18-19(29-21(28-18)14-4-3-5-16(7-14)23(2,24)25)8-17(13)30-22-31-20(11-32-22)15-9-26-12-27-10-15/h3-12H,1-2H3,(H,28,29)(H,30,31). The SMILES string of the molecule is Cc1cc2nc(-c3cccc(C(C)(F)F)c3)[nH]c2cc1Nc1nc(-c2cncnc2)cs1. The Labute approximate surface area is 186 Å². The van der Waals surface area contributed by atoms with Crippen LogP contribution >= 0.6 is 11.3 Å². The van der Waals surface area contributed by atoms with Crippen molar-refractivity contribution in [3.05, 3.63) is 71.6 Å². The lowest BCUT2D eigenvalue weighted by molar-refractivity contribution is 0.0175. The maximum Gasteiger partial charge on any atom is 0.270 e. The third kappa shape index (κ3) is 3.94. The minimum absolute atomic E-state index is 0.0441. The minimum atomic E-state index is -2.91. The summed E-state index contributed by atoms with van der Waals surface area (Å²) in [6.07, 6.45) is 4.92. The topological polar surface area (TPSA) is 79.4 Å². The van der Waals surface area contributed by atoms with Gasteiger partial charge in [0.2, 0.25) is 0 Å². The molecule has 0 fully saturated rings. The van der Waals surface area contributed by atoms with Gasteiger partial charge in [-0.25, -0.2) is 28.7 Å². The maximum atomic E-state index is 13.7. The quantitative estimate of drug-likeness (QED) is 0.329. The highest BCUT2D eigenvalue weighted by atomic mass is 32.1. The van der Waals surface area contributed by atoms with Crippen LogP contribution in [0.3, 0.4) is 0 Å². The molecule has 0 aliphatic heterocycles. The molecule has 0 bridgehead atoms.